The third-order valence-corrected chi connectivity index (χ3v) is 7.90. The summed E-state index contributed by atoms with van der Waals surface area (Å²) < 4.78 is 60.4. The Balaban J connectivity index is 1.43. The number of hydrogen-bond donors (Lipinski definition) is 1. The fourth-order valence-corrected chi connectivity index (χ4v) is 5.91. The van der Waals surface area contributed by atoms with Crippen molar-refractivity contribution < 1.29 is 31.6 Å². The lowest BCUT2D eigenvalue weighted by molar-refractivity contribution is -0.134. The topological polar surface area (TPSA) is 114 Å². The van der Waals surface area contributed by atoms with Crippen molar-refractivity contribution in [1.82, 2.24) is 9.46 Å². The minimum atomic E-state index is -3.93. The minimum absolute atomic E-state index is 0.00692. The van der Waals surface area contributed by atoms with Crippen LogP contribution in [0.3, 0.4) is 0 Å². The van der Waals surface area contributed by atoms with Gasteiger partial charge in [0.05, 0.1) is 24.9 Å². The van der Waals surface area contributed by atoms with Crippen LogP contribution < -0.4 is 14.4 Å². The van der Waals surface area contributed by atoms with E-state index in [1.807, 2.05) is 0 Å². The van der Waals surface area contributed by atoms with Crippen molar-refractivity contribution in [3.05, 3.63) is 59.6 Å². The molecule has 0 unspecified atom stereocenters. The molecule has 2 aliphatic rings. The maximum atomic E-state index is 15.3. The molecule has 13 heteroatoms. The molecule has 0 saturated carbocycles. The van der Waals surface area contributed by atoms with Crippen molar-refractivity contribution >= 4 is 39.2 Å². The molecule has 2 fully saturated rings. The number of piperidine rings is 1. The van der Waals surface area contributed by atoms with Crippen LogP contribution in [-0.4, -0.2) is 62.7 Å². The van der Waals surface area contributed by atoms with Gasteiger partial charge in [0.1, 0.15) is 24.4 Å². The normalized spacial score (nSPS) is 20.8. The van der Waals surface area contributed by atoms with Crippen LogP contribution >= 0.6 is 11.6 Å². The number of hydrogen-bond acceptors (Lipinski definition) is 7. The molecular weight excluding hydrogens is 515 g/mol. The van der Waals surface area contributed by atoms with E-state index >= 15 is 4.39 Å². The Labute approximate surface area is 211 Å². The van der Waals surface area contributed by atoms with E-state index in [1.165, 1.54) is 40.8 Å². The van der Waals surface area contributed by atoms with Gasteiger partial charge < -0.3 is 18.9 Å². The van der Waals surface area contributed by atoms with Crippen molar-refractivity contribution in [1.29, 1.82) is 0 Å². The molecule has 1 N–H and O–H groups in total. The van der Waals surface area contributed by atoms with Crippen molar-refractivity contribution in [2.75, 3.05) is 36.4 Å². The molecule has 190 valence electrons. The number of ether oxygens (including phenoxy) is 2. The van der Waals surface area contributed by atoms with Crippen molar-refractivity contribution in [2.45, 2.75) is 18.6 Å². The average Bonchev–Trinajstić information content (AvgIpc) is 3.36. The van der Waals surface area contributed by atoms with Crippen LogP contribution in [0.4, 0.5) is 15.9 Å². The molecule has 1 amide bonds. The highest BCUT2D eigenvalue weighted by Gasteiger charge is 2.44. The quantitative estimate of drug-likeness (QED) is 0.514. The first-order valence-electron chi connectivity index (χ1n) is 11.0. The second kappa shape index (κ2) is 9.69. The Morgan fingerprint density at radius 1 is 1.25 bits per heavy atom. The van der Waals surface area contributed by atoms with Crippen LogP contribution in [0.1, 0.15) is 6.42 Å². The Kier molecular flexibility index (Phi) is 6.60. The first-order valence-corrected chi connectivity index (χ1v) is 12.8. The number of morpholine rings is 1. The maximum Gasteiger partial charge on any atom is 0.302 e. The molecule has 2 aromatic carbocycles. The van der Waals surface area contributed by atoms with E-state index < -0.39 is 28.2 Å². The number of anilines is 2. The summed E-state index contributed by atoms with van der Waals surface area (Å²) in [6.07, 6.45) is 0.879. The maximum absolute atomic E-state index is 15.3. The van der Waals surface area contributed by atoms with Crippen molar-refractivity contribution in [3.8, 4) is 16.9 Å². The first-order chi connectivity index (χ1) is 17.3. The highest BCUT2D eigenvalue weighted by atomic mass is 35.5. The number of carbonyl (C=O) groups is 1. The number of rotatable bonds is 6. The Morgan fingerprint density at radius 2 is 2.08 bits per heavy atom. The summed E-state index contributed by atoms with van der Waals surface area (Å²) in [4.78, 5) is 14.4. The Bertz CT molecular complexity index is 1390. The number of nitrogens with zero attached hydrogens (tertiary/aromatic N) is 3. The van der Waals surface area contributed by atoms with Crippen LogP contribution in [0, 0.1) is 5.82 Å². The molecule has 3 heterocycles. The zero-order valence-corrected chi connectivity index (χ0v) is 20.6. The van der Waals surface area contributed by atoms with Gasteiger partial charge in [-0.25, -0.2) is 4.39 Å². The second-order valence-electron chi connectivity index (χ2n) is 8.33. The second-order valence-corrected chi connectivity index (χ2v) is 10.4. The van der Waals surface area contributed by atoms with Crippen LogP contribution in [0.15, 0.2) is 53.3 Å². The van der Waals surface area contributed by atoms with Crippen LogP contribution in [0.5, 0.6) is 5.75 Å². The smallest absolute Gasteiger partial charge is 0.302 e. The zero-order valence-electron chi connectivity index (χ0n) is 19.1. The van der Waals surface area contributed by atoms with Gasteiger partial charge in [-0.1, -0.05) is 28.9 Å². The van der Waals surface area contributed by atoms with Crippen molar-refractivity contribution in [2.24, 2.45) is 0 Å². The summed E-state index contributed by atoms with van der Waals surface area (Å²) >= 11 is 6.07. The summed E-state index contributed by atoms with van der Waals surface area (Å²) in [7, 11) is -2.49. The van der Waals surface area contributed by atoms with Crippen LogP contribution in [-0.2, 0) is 19.7 Å². The summed E-state index contributed by atoms with van der Waals surface area (Å²) in [5, 5.41) is 4.03. The van der Waals surface area contributed by atoms with Gasteiger partial charge in [0.25, 0.3) is 5.91 Å². The van der Waals surface area contributed by atoms with E-state index in [2.05, 4.69) is 14.4 Å². The lowest BCUT2D eigenvalue weighted by Gasteiger charge is -2.46. The van der Waals surface area contributed by atoms with Gasteiger partial charge in [-0.2, -0.15) is 12.7 Å². The molecular formula is C23H22ClFN4O6S. The summed E-state index contributed by atoms with van der Waals surface area (Å²) in [5.74, 6) is -0.580. The lowest BCUT2D eigenvalue weighted by atomic mass is 9.97. The van der Waals surface area contributed by atoms with Crippen molar-refractivity contribution in [3.63, 3.8) is 0 Å². The van der Waals surface area contributed by atoms with E-state index in [1.54, 1.807) is 24.3 Å². The molecule has 0 aliphatic carbocycles. The Morgan fingerprint density at radius 3 is 2.81 bits per heavy atom. The molecule has 3 aromatic rings. The number of methoxy groups -OCH3 is 1. The molecule has 2 saturated heterocycles. The average molecular weight is 537 g/mol. The molecule has 10 nitrogen and oxygen atoms in total. The van der Waals surface area contributed by atoms with E-state index in [4.69, 9.17) is 21.1 Å². The molecule has 0 radical (unpaired) electrons. The first kappa shape index (κ1) is 24.5. The largest absolute Gasteiger partial charge is 0.495 e. The van der Waals surface area contributed by atoms with E-state index in [9.17, 15) is 13.2 Å². The molecule has 1 aromatic heterocycles. The van der Waals surface area contributed by atoms with Gasteiger partial charge in [0.2, 0.25) is 0 Å². The third kappa shape index (κ3) is 4.64. The third-order valence-electron chi connectivity index (χ3n) is 6.18. The number of benzene rings is 2. The number of aromatic nitrogens is 1. The molecule has 2 atom stereocenters. The highest BCUT2D eigenvalue weighted by Crippen LogP contribution is 2.40. The van der Waals surface area contributed by atoms with Gasteiger partial charge in [-0.3, -0.25) is 9.52 Å². The predicted octanol–water partition coefficient (Wildman–Crippen LogP) is 3.31. The summed E-state index contributed by atoms with van der Waals surface area (Å²) in [6, 6.07) is 10.4. The molecule has 0 spiro atoms. The number of amides is 1. The number of carbonyl (C=O) groups excluding carboxylic acids is 1. The number of halogens is 2. The molecule has 2 aliphatic heterocycles. The Hall–Kier alpha value is -3.19. The SMILES string of the molecule is COc1cc(-c2cccc(Cl)c2)c(F)cc1N1C(=O)CO[C@H]2CN(S(=O)(=O)Nc3ccon3)CC[C@@H]21. The van der Waals surface area contributed by atoms with Gasteiger partial charge in [-0.15, -0.1) is 0 Å². The van der Waals surface area contributed by atoms with E-state index in [0.29, 0.717) is 16.3 Å². The van der Waals surface area contributed by atoms with Crippen LogP contribution in [0.2, 0.25) is 5.02 Å². The van der Waals surface area contributed by atoms with Gasteiger partial charge in [0, 0.05) is 35.8 Å². The lowest BCUT2D eigenvalue weighted by Crippen LogP contribution is -2.62. The van der Waals surface area contributed by atoms with Crippen LogP contribution in [0.25, 0.3) is 11.1 Å². The van der Waals surface area contributed by atoms with Gasteiger partial charge in [-0.05, 0) is 30.2 Å². The fraction of sp³-hybridized carbons (Fsp3) is 0.304. The minimum Gasteiger partial charge on any atom is -0.495 e. The van der Waals surface area contributed by atoms with E-state index in [-0.39, 0.29) is 49.1 Å². The molecule has 36 heavy (non-hydrogen) atoms. The number of fused-ring (bicyclic) bond motifs is 1. The van der Waals surface area contributed by atoms with E-state index in [0.717, 1.165) is 0 Å². The summed E-state index contributed by atoms with van der Waals surface area (Å²) in [6.45, 7) is -0.188. The van der Waals surface area contributed by atoms with Gasteiger partial charge in [0.15, 0.2) is 5.82 Å². The highest BCUT2D eigenvalue weighted by molar-refractivity contribution is 7.90. The molecule has 0 bridgehead atoms. The van der Waals surface area contributed by atoms with Gasteiger partial charge >= 0.3 is 10.2 Å². The zero-order chi connectivity index (χ0) is 25.4. The number of nitrogens with one attached hydrogen (secondary N) is 1. The monoisotopic (exact) mass is 536 g/mol. The standard InChI is InChI=1S/C23H22ClFN4O6S/c1-33-20-10-16(14-3-2-4-15(24)9-14)17(25)11-19(20)29-18-5-7-28(12-21(18)34-13-23(29)30)36(31,32)27-22-6-8-35-26-22/h2-4,6,8-11,18,21H,5,7,12-13H2,1H3,(H,26,27)/t18-,21-/m0/s1. The fourth-order valence-electron chi connectivity index (χ4n) is 4.53. The molecule has 5 rings (SSSR count). The summed E-state index contributed by atoms with van der Waals surface area (Å²) in [5.41, 5.74) is 1.09. The predicted molar refractivity (Wildman–Crippen MR) is 130 cm³/mol.